The van der Waals surface area contributed by atoms with Crippen LogP contribution in [0.5, 0.6) is 0 Å². The maximum Gasteiger partial charge on any atom is 0.0625 e. The van der Waals surface area contributed by atoms with E-state index >= 15 is 0 Å². The fraction of sp³-hybridized carbons (Fsp3) is 0.700. The molecular weight excluding hydrogens is 228 g/mol. The van der Waals surface area contributed by atoms with Crippen LogP contribution in [0.15, 0.2) is 0 Å². The number of hydrogen-bond donors (Lipinski definition) is 0. The summed E-state index contributed by atoms with van der Waals surface area (Å²) >= 11 is 3.48. The highest BCUT2D eigenvalue weighted by Crippen LogP contribution is 2.13. The summed E-state index contributed by atoms with van der Waals surface area (Å²) in [5.41, 5.74) is 3.77. The number of halogens is 1. The van der Waals surface area contributed by atoms with E-state index in [1.165, 1.54) is 11.3 Å². The minimum Gasteiger partial charge on any atom is -0.269 e. The van der Waals surface area contributed by atoms with E-state index < -0.39 is 0 Å². The molecule has 0 radical (unpaired) electrons. The van der Waals surface area contributed by atoms with Gasteiger partial charge in [0.25, 0.3) is 0 Å². The van der Waals surface area contributed by atoms with Gasteiger partial charge in [0, 0.05) is 17.6 Å². The Bertz CT molecular complexity index is 291. The van der Waals surface area contributed by atoms with E-state index in [9.17, 15) is 0 Å². The van der Waals surface area contributed by atoms with Crippen molar-refractivity contribution < 1.29 is 0 Å². The van der Waals surface area contributed by atoms with Gasteiger partial charge in [-0.1, -0.05) is 22.9 Å². The molecule has 0 saturated heterocycles. The normalized spacial score (nSPS) is 13.3. The first-order valence-electron chi connectivity index (χ1n) is 4.62. The summed E-state index contributed by atoms with van der Waals surface area (Å²) in [6.45, 7) is 9.56. The molecule has 1 atom stereocenters. The number of rotatable bonds is 3. The largest absolute Gasteiger partial charge is 0.269 e. The number of aryl methyl sites for hydroxylation is 1. The van der Waals surface area contributed by atoms with Crippen LogP contribution in [0.2, 0.25) is 0 Å². The Hall–Kier alpha value is -0.310. The van der Waals surface area contributed by atoms with Crippen LogP contribution < -0.4 is 0 Å². The number of nitrogens with zero attached hydrogens (tertiary/aromatic N) is 2. The van der Waals surface area contributed by atoms with Gasteiger partial charge < -0.3 is 0 Å². The van der Waals surface area contributed by atoms with Gasteiger partial charge in [-0.25, -0.2) is 0 Å². The maximum atomic E-state index is 4.49. The molecule has 1 aromatic rings. The molecule has 1 aromatic heterocycles. The minimum absolute atomic E-state index is 0.636. The topological polar surface area (TPSA) is 17.8 Å². The van der Waals surface area contributed by atoms with Crippen molar-refractivity contribution in [2.75, 3.05) is 5.33 Å². The lowest BCUT2D eigenvalue weighted by Crippen LogP contribution is -2.11. The second-order valence-electron chi connectivity index (χ2n) is 3.74. The van der Waals surface area contributed by atoms with Crippen molar-refractivity contribution in [3.05, 3.63) is 17.0 Å². The van der Waals surface area contributed by atoms with E-state index in [1.807, 2.05) is 0 Å². The second-order valence-corrected chi connectivity index (χ2v) is 4.38. The average molecular weight is 245 g/mol. The Morgan fingerprint density at radius 1 is 1.38 bits per heavy atom. The quantitative estimate of drug-likeness (QED) is 0.749. The van der Waals surface area contributed by atoms with Crippen LogP contribution in [-0.2, 0) is 6.54 Å². The van der Waals surface area contributed by atoms with E-state index in [-0.39, 0.29) is 0 Å². The van der Waals surface area contributed by atoms with Crippen LogP contribution in [0.1, 0.15) is 23.9 Å². The summed E-state index contributed by atoms with van der Waals surface area (Å²) in [4.78, 5) is 0. The van der Waals surface area contributed by atoms with Crippen LogP contribution in [0, 0.1) is 26.7 Å². The van der Waals surface area contributed by atoms with Gasteiger partial charge in [0.05, 0.1) is 5.69 Å². The monoisotopic (exact) mass is 244 g/mol. The number of aromatic nitrogens is 2. The number of alkyl halides is 1. The molecule has 1 heterocycles. The molecule has 0 saturated carbocycles. The fourth-order valence-electron chi connectivity index (χ4n) is 1.31. The van der Waals surface area contributed by atoms with Crippen molar-refractivity contribution in [1.29, 1.82) is 0 Å². The molecule has 0 amide bonds. The highest BCUT2D eigenvalue weighted by Gasteiger charge is 2.09. The summed E-state index contributed by atoms with van der Waals surface area (Å²) < 4.78 is 2.11. The average Bonchev–Trinajstić information content (AvgIpc) is 2.34. The molecule has 0 aliphatic heterocycles. The first-order valence-corrected chi connectivity index (χ1v) is 5.75. The van der Waals surface area contributed by atoms with Crippen molar-refractivity contribution in [1.82, 2.24) is 9.78 Å². The summed E-state index contributed by atoms with van der Waals surface area (Å²) in [6, 6.07) is 0. The van der Waals surface area contributed by atoms with Gasteiger partial charge in [0.1, 0.15) is 0 Å². The molecule has 1 unspecified atom stereocenters. The van der Waals surface area contributed by atoms with Crippen LogP contribution in [0.25, 0.3) is 0 Å². The van der Waals surface area contributed by atoms with Crippen molar-refractivity contribution in [3.8, 4) is 0 Å². The Labute approximate surface area is 88.5 Å². The molecule has 0 bridgehead atoms. The van der Waals surface area contributed by atoms with E-state index in [1.54, 1.807) is 0 Å². The fourth-order valence-corrected chi connectivity index (χ4v) is 1.51. The lowest BCUT2D eigenvalue weighted by molar-refractivity contribution is 0.480. The Kier molecular flexibility index (Phi) is 3.54. The third-order valence-corrected chi connectivity index (χ3v) is 3.60. The Balaban J connectivity index is 2.83. The van der Waals surface area contributed by atoms with Crippen molar-refractivity contribution in [2.24, 2.45) is 5.92 Å². The zero-order valence-electron chi connectivity index (χ0n) is 8.76. The van der Waals surface area contributed by atoms with Gasteiger partial charge in [-0.15, -0.1) is 0 Å². The van der Waals surface area contributed by atoms with Crippen molar-refractivity contribution in [2.45, 2.75) is 34.2 Å². The van der Waals surface area contributed by atoms with E-state index in [0.717, 1.165) is 17.6 Å². The van der Waals surface area contributed by atoms with Crippen LogP contribution in [0.3, 0.4) is 0 Å². The minimum atomic E-state index is 0.636. The number of hydrogen-bond acceptors (Lipinski definition) is 1. The zero-order valence-corrected chi connectivity index (χ0v) is 10.3. The van der Waals surface area contributed by atoms with Gasteiger partial charge in [-0.05, 0) is 32.3 Å². The molecule has 74 valence electrons. The molecule has 13 heavy (non-hydrogen) atoms. The third-order valence-electron chi connectivity index (χ3n) is 2.49. The molecule has 0 aromatic carbocycles. The molecule has 0 fully saturated rings. The Morgan fingerprint density at radius 3 is 2.38 bits per heavy atom. The van der Waals surface area contributed by atoms with Crippen LogP contribution in [-0.4, -0.2) is 15.1 Å². The van der Waals surface area contributed by atoms with Crippen molar-refractivity contribution >= 4 is 15.9 Å². The standard InChI is InChI=1S/C10H17BrN2/c1-7(5-11)6-13-10(4)8(2)9(3)12-13/h7H,5-6H2,1-4H3. The highest BCUT2D eigenvalue weighted by atomic mass is 79.9. The molecule has 1 rings (SSSR count). The maximum absolute atomic E-state index is 4.49. The summed E-state index contributed by atoms with van der Waals surface area (Å²) in [7, 11) is 0. The van der Waals surface area contributed by atoms with E-state index in [2.05, 4.69) is 53.4 Å². The predicted octanol–water partition coefficient (Wildman–Crippen LogP) is 2.84. The summed E-state index contributed by atoms with van der Waals surface area (Å²) in [6.07, 6.45) is 0. The lowest BCUT2D eigenvalue weighted by Gasteiger charge is -2.09. The lowest BCUT2D eigenvalue weighted by atomic mass is 10.2. The molecule has 0 N–H and O–H groups in total. The van der Waals surface area contributed by atoms with Crippen LogP contribution >= 0.6 is 15.9 Å². The van der Waals surface area contributed by atoms with Crippen molar-refractivity contribution in [3.63, 3.8) is 0 Å². The van der Waals surface area contributed by atoms with Gasteiger partial charge in [-0.3, -0.25) is 4.68 Å². The first-order chi connectivity index (χ1) is 6.06. The van der Waals surface area contributed by atoms with Gasteiger partial charge in [-0.2, -0.15) is 5.10 Å². The van der Waals surface area contributed by atoms with Gasteiger partial charge >= 0.3 is 0 Å². The molecule has 0 aliphatic rings. The van der Waals surface area contributed by atoms with Gasteiger partial charge in [0.15, 0.2) is 0 Å². The van der Waals surface area contributed by atoms with Crippen LogP contribution in [0.4, 0.5) is 0 Å². The van der Waals surface area contributed by atoms with E-state index in [0.29, 0.717) is 5.92 Å². The predicted molar refractivity (Wildman–Crippen MR) is 59.4 cm³/mol. The second kappa shape index (κ2) is 4.27. The Morgan fingerprint density at radius 2 is 2.00 bits per heavy atom. The molecule has 2 nitrogen and oxygen atoms in total. The first kappa shape index (κ1) is 10.8. The van der Waals surface area contributed by atoms with Gasteiger partial charge in [0.2, 0.25) is 0 Å². The highest BCUT2D eigenvalue weighted by molar-refractivity contribution is 9.09. The molecule has 3 heteroatoms. The molecule has 0 aliphatic carbocycles. The summed E-state index contributed by atoms with van der Waals surface area (Å²) in [5, 5.41) is 5.53. The smallest absolute Gasteiger partial charge is 0.0625 e. The zero-order chi connectivity index (χ0) is 10.0. The molecular formula is C10H17BrN2. The SMILES string of the molecule is Cc1nn(CC(C)CBr)c(C)c1C. The third kappa shape index (κ3) is 2.33. The molecule has 0 spiro atoms. The van der Waals surface area contributed by atoms with E-state index in [4.69, 9.17) is 0 Å². The summed E-state index contributed by atoms with van der Waals surface area (Å²) in [5.74, 6) is 0.636.